The monoisotopic (exact) mass is 1880 g/mol. The maximum absolute atomic E-state index is 15.0. The normalized spacial score (nSPS) is 14.2. The molecule has 5 aliphatic rings. The lowest BCUT2D eigenvalue weighted by Gasteiger charge is -2.30. The number of allylic oxidation sites excluding steroid dienone is 2. The molecule has 10 nitrogen and oxygen atoms in total. The third-order valence-electron chi connectivity index (χ3n) is 22.7. The Morgan fingerprint density at radius 3 is 0.828 bits per heavy atom. The number of hydrogen-bond acceptors (Lipinski definition) is 10. The molecule has 20 heteroatoms. The quantitative estimate of drug-likeness (QED) is 0.0482. The fraction of sp³-hybridized carbons (Fsp3) is 0.0702. The molecule has 22 rings (SSSR count). The van der Waals surface area contributed by atoms with Gasteiger partial charge in [0.25, 0.3) is 0 Å². The zero-order valence-electron chi connectivity index (χ0n) is 72.8. The molecule has 0 aromatic heterocycles. The van der Waals surface area contributed by atoms with E-state index in [1.54, 1.807) is 26.4 Å². The van der Waals surface area contributed by atoms with Crippen LogP contribution >= 0.6 is 48.2 Å². The van der Waals surface area contributed by atoms with Gasteiger partial charge in [0.15, 0.2) is 46.0 Å². The lowest BCUT2D eigenvalue weighted by atomic mass is 9.93. The third-order valence-corrected chi connectivity index (χ3v) is 36.4. The molecule has 0 N–H and O–H groups in total. The number of alkyl halides is 4. The first-order chi connectivity index (χ1) is 65.9. The first kappa shape index (κ1) is 89.9. The predicted octanol–water partition coefficient (Wildman–Crippen LogP) is 21.7. The van der Waals surface area contributed by atoms with Gasteiger partial charge in [-0.2, -0.15) is 0 Å². The Bertz CT molecular complexity index is 6400. The molecule has 0 radical (unpaired) electrons. The molecule has 1 unspecified atom stereocenters. The van der Waals surface area contributed by atoms with Crippen molar-refractivity contribution in [3.63, 3.8) is 0 Å². The molecule has 4 heterocycles. The smallest absolute Gasteiger partial charge is 0.496 e. The van der Waals surface area contributed by atoms with E-state index in [-0.39, 0.29) is 53.8 Å². The number of halogens is 4. The van der Waals surface area contributed by atoms with Crippen LogP contribution in [0.1, 0.15) is 12.0 Å². The Hall–Kier alpha value is -13.3. The van der Waals surface area contributed by atoms with E-state index in [1.165, 1.54) is 76.1 Å². The van der Waals surface area contributed by atoms with Crippen molar-refractivity contribution in [2.24, 2.45) is 0 Å². The molecule has 0 fully saturated rings. The molecule has 134 heavy (non-hydrogen) atoms. The molecule has 17 aromatic rings. The van der Waals surface area contributed by atoms with Gasteiger partial charge < -0.3 is 47.4 Å². The average molecular weight is 1880 g/mol. The highest BCUT2D eigenvalue weighted by molar-refractivity contribution is 7.82. The second kappa shape index (κ2) is 41.9. The number of methoxy groups -OCH3 is 2. The van der Waals surface area contributed by atoms with Crippen LogP contribution in [-0.2, 0) is 4.74 Å². The summed E-state index contributed by atoms with van der Waals surface area (Å²) in [5.74, 6) is 2.92. The highest BCUT2D eigenvalue weighted by Gasteiger charge is 2.50. The largest absolute Gasteiger partial charge is 0.586 e. The summed E-state index contributed by atoms with van der Waals surface area (Å²) in [7, 11) is -1.27. The van der Waals surface area contributed by atoms with Crippen molar-refractivity contribution in [3.8, 4) is 74.0 Å². The van der Waals surface area contributed by atoms with Gasteiger partial charge in [-0.3, -0.25) is 0 Å². The van der Waals surface area contributed by atoms with E-state index in [2.05, 4.69) is 291 Å². The number of ether oxygens (including phenoxy) is 10. The zero-order valence-corrected chi connectivity index (χ0v) is 78.2. The Morgan fingerprint density at radius 2 is 0.537 bits per heavy atom. The van der Waals surface area contributed by atoms with E-state index < -0.39 is 52.2 Å². The van der Waals surface area contributed by atoms with Crippen LogP contribution in [0.15, 0.2) is 454 Å². The van der Waals surface area contributed by atoms with Crippen LogP contribution in [0.3, 0.4) is 0 Å². The van der Waals surface area contributed by atoms with Crippen LogP contribution in [0.4, 0.5) is 17.6 Å². The van der Waals surface area contributed by atoms with E-state index in [4.69, 9.17) is 47.4 Å². The zero-order chi connectivity index (χ0) is 91.2. The van der Waals surface area contributed by atoms with E-state index >= 15 is 0 Å². The molecule has 0 saturated heterocycles. The summed E-state index contributed by atoms with van der Waals surface area (Å²) in [4.78, 5) is 0. The summed E-state index contributed by atoms with van der Waals surface area (Å²) in [6, 6.07) is 147. The van der Waals surface area contributed by atoms with Gasteiger partial charge in [0, 0.05) is 40.5 Å². The van der Waals surface area contributed by atoms with Crippen molar-refractivity contribution in [1.82, 2.24) is 0 Å². The Kier molecular flexibility index (Phi) is 28.1. The minimum Gasteiger partial charge on any atom is -0.496 e. The number of rotatable bonds is 22. The summed E-state index contributed by atoms with van der Waals surface area (Å²) in [5, 5.41) is 19.0. The SMILES string of the molecule is COc1ccccc1C1=C(P(c2ccccc2)c2ccccc2)C=CCC1OC.FC1(F)Oc2ccc(P(c3ccccc3)c3ccccc3)c(-c3c(P(c4ccccc4)c4ccccc4)ccc4c3OC(F)(F)O4)c2O1.c1ccc(P(c2ccccc2)c2ccc3c(c2-c2c(P(c4ccccc4)c4ccccc4)ccc4c2OCO4)OCO3)cc1.c1ccc(Pc2ccccc2)cc1. The number of benzene rings is 17. The minimum atomic E-state index is -3.99. The van der Waals surface area contributed by atoms with Gasteiger partial charge in [-0.15, -0.1) is 17.6 Å². The summed E-state index contributed by atoms with van der Waals surface area (Å²) in [5.41, 5.74) is 4.71. The van der Waals surface area contributed by atoms with E-state index in [0.29, 0.717) is 10.6 Å². The molecule has 0 bridgehead atoms. The first-order valence-electron chi connectivity index (χ1n) is 43.6. The van der Waals surface area contributed by atoms with Gasteiger partial charge in [-0.05, 0) is 191 Å². The highest BCUT2D eigenvalue weighted by Crippen LogP contribution is 2.59. The molecule has 1 atom stereocenters. The number of hydrogen-bond donors (Lipinski definition) is 0. The molecule has 0 spiro atoms. The highest BCUT2D eigenvalue weighted by atomic mass is 31.1. The molecule has 0 amide bonds. The van der Waals surface area contributed by atoms with Crippen LogP contribution in [0, 0.1) is 0 Å². The second-order valence-corrected chi connectivity index (χ2v) is 43.4. The second-order valence-electron chi connectivity index (χ2n) is 31.0. The van der Waals surface area contributed by atoms with Crippen molar-refractivity contribution >= 4 is 139 Å². The summed E-state index contributed by atoms with van der Waals surface area (Å²) < 4.78 is 117. The standard InChI is InChI=1S/C38H24F4O4P2.C38H28O4P2.C26H25O2P.C12H11P/c39-37(40)43-29-21-23-31(47(25-13-5-1-6-14-25)26-15-7-2-8-16-26)33(35(29)45-37)34-32(24-22-30-36(34)46-38(41,42)44-30)48(27-17-9-3-10-18-27)28-19-11-4-12-20-28;1-5-13-27(14-6-1)43(28-15-7-2-8-16-28)33-23-21-31-37(41-25-39-31)35(33)36-34(24-22-32-38(36)42-26-40-32)44(29-17-9-3-10-18-29)30-19-11-4-12-20-30;1-27-23-17-10-9-16-22(23)26-24(28-2)18-11-19-25(26)29(20-12-5-3-6-13-20)21-14-7-4-8-15-21;1-3-7-11(8-4-1)13-12-9-5-2-6-10-12/h1-24H;1-24H,25-26H2;3-17,19,24H,18H2,1-2H3;1-10,13H. The summed E-state index contributed by atoms with van der Waals surface area (Å²) in [6.45, 7) is 0.350. The lowest BCUT2D eigenvalue weighted by Crippen LogP contribution is -2.28. The van der Waals surface area contributed by atoms with Gasteiger partial charge in [-0.25, -0.2) is 0 Å². The van der Waals surface area contributed by atoms with Gasteiger partial charge in [0.1, 0.15) is 5.75 Å². The van der Waals surface area contributed by atoms with Crippen molar-refractivity contribution in [2.45, 2.75) is 25.1 Å². The summed E-state index contributed by atoms with van der Waals surface area (Å²) in [6.07, 6.45) is -2.57. The van der Waals surface area contributed by atoms with Crippen LogP contribution in [0.2, 0.25) is 0 Å². The Labute approximate surface area is 785 Å². The van der Waals surface area contributed by atoms with Crippen molar-refractivity contribution < 1.29 is 64.9 Å². The minimum absolute atomic E-state index is 0.00345. The number of fused-ring (bicyclic) bond motifs is 4. The van der Waals surface area contributed by atoms with E-state index in [1.807, 2.05) is 133 Å². The fourth-order valence-corrected chi connectivity index (χ4v) is 30.4. The van der Waals surface area contributed by atoms with Crippen LogP contribution in [0.25, 0.3) is 27.8 Å². The van der Waals surface area contributed by atoms with Crippen LogP contribution < -0.4 is 128 Å². The Balaban J connectivity index is 0.000000124. The predicted molar refractivity (Wildman–Crippen MR) is 547 cm³/mol. The molecule has 4 aliphatic heterocycles. The summed E-state index contributed by atoms with van der Waals surface area (Å²) >= 11 is 0. The molecule has 0 saturated carbocycles. The maximum Gasteiger partial charge on any atom is 0.586 e. The third kappa shape index (κ3) is 19.9. The average Bonchev–Trinajstić information content (AvgIpc) is 1.50. The molecular formula is C114H88F4O10P6. The fourth-order valence-electron chi connectivity index (χ4n) is 17.0. The van der Waals surface area contributed by atoms with Crippen molar-refractivity contribution in [3.05, 3.63) is 460 Å². The van der Waals surface area contributed by atoms with E-state index in [9.17, 15) is 17.6 Å². The topological polar surface area (TPSA) is 92.3 Å². The van der Waals surface area contributed by atoms with Gasteiger partial charge in [0.2, 0.25) is 13.6 Å². The van der Waals surface area contributed by atoms with Crippen LogP contribution in [-0.4, -0.2) is 46.5 Å². The molecule has 17 aromatic carbocycles. The maximum atomic E-state index is 15.0. The van der Waals surface area contributed by atoms with Crippen LogP contribution in [0.5, 0.6) is 51.7 Å². The lowest BCUT2D eigenvalue weighted by molar-refractivity contribution is -0.287. The first-order valence-corrected chi connectivity index (χ1v) is 51.3. The van der Waals surface area contributed by atoms with Gasteiger partial charge >= 0.3 is 12.6 Å². The van der Waals surface area contributed by atoms with Gasteiger partial charge in [0.05, 0.1) is 13.2 Å². The Morgan fingerprint density at radius 1 is 0.276 bits per heavy atom. The molecule has 662 valence electrons. The number of para-hydroxylation sites is 1. The molecule has 1 aliphatic carbocycles. The van der Waals surface area contributed by atoms with Crippen molar-refractivity contribution in [2.75, 3.05) is 27.8 Å². The van der Waals surface area contributed by atoms with Gasteiger partial charge in [-0.1, -0.05) is 403 Å². The van der Waals surface area contributed by atoms with Crippen molar-refractivity contribution in [1.29, 1.82) is 0 Å². The molecular weight excluding hydrogens is 1790 g/mol. The van der Waals surface area contributed by atoms with E-state index in [0.717, 1.165) is 81.7 Å².